The maximum Gasteiger partial charge on any atom is 0.331 e. The molecule has 0 aliphatic heterocycles. The van der Waals surface area contributed by atoms with Crippen LogP contribution in [-0.4, -0.2) is 35.2 Å². The van der Waals surface area contributed by atoms with Crippen molar-refractivity contribution in [3.63, 3.8) is 0 Å². The van der Waals surface area contributed by atoms with E-state index < -0.39 is 21.2 Å². The van der Waals surface area contributed by atoms with Crippen LogP contribution in [0.3, 0.4) is 0 Å². The molecule has 1 saturated carbocycles. The molecule has 2 aromatic carbocycles. The Morgan fingerprint density at radius 1 is 1.19 bits per heavy atom. The summed E-state index contributed by atoms with van der Waals surface area (Å²) in [5, 5.41) is -0.669. The third-order valence-electron chi connectivity index (χ3n) is 5.30. The molecular formula is C23H25N3O4S. The van der Waals surface area contributed by atoms with Gasteiger partial charge < -0.3 is 10.5 Å². The zero-order valence-corrected chi connectivity index (χ0v) is 18.3. The van der Waals surface area contributed by atoms with Crippen molar-refractivity contribution in [3.05, 3.63) is 65.7 Å². The number of hydrogen-bond donors (Lipinski definition) is 1. The van der Waals surface area contributed by atoms with Crippen LogP contribution in [0.25, 0.3) is 16.6 Å². The van der Waals surface area contributed by atoms with E-state index in [2.05, 4.69) is 4.98 Å². The lowest BCUT2D eigenvalue weighted by atomic mass is 9.97. The number of anilines is 1. The molecule has 1 aliphatic rings. The number of fused-ring (bicyclic) bond motifs is 1. The summed E-state index contributed by atoms with van der Waals surface area (Å²) in [6, 6.07) is 14.6. The van der Waals surface area contributed by atoms with Gasteiger partial charge in [0.2, 0.25) is 16.0 Å². The lowest BCUT2D eigenvalue weighted by molar-refractivity contribution is -0.138. The Balaban J connectivity index is 1.83. The molecule has 0 atom stereocenters. The van der Waals surface area contributed by atoms with E-state index in [1.54, 1.807) is 32.0 Å². The summed E-state index contributed by atoms with van der Waals surface area (Å²) >= 11 is 0. The van der Waals surface area contributed by atoms with Crippen molar-refractivity contribution in [2.45, 2.75) is 31.9 Å². The molecule has 1 heterocycles. The van der Waals surface area contributed by atoms with Crippen LogP contribution < -0.4 is 5.73 Å². The van der Waals surface area contributed by atoms with Gasteiger partial charge in [0.05, 0.1) is 22.9 Å². The number of nitrogens with zero attached hydrogens (tertiary/aromatic N) is 2. The summed E-state index contributed by atoms with van der Waals surface area (Å²) in [6.07, 6.45) is 3.64. The van der Waals surface area contributed by atoms with Crippen LogP contribution in [0.1, 0.15) is 37.8 Å². The highest BCUT2D eigenvalue weighted by atomic mass is 32.2. The summed E-state index contributed by atoms with van der Waals surface area (Å²) in [7, 11) is -3.71. The molecule has 0 spiro atoms. The SMILES string of the molecule is CC(C)S(=O)(=O)n1c(N)nc2ccc(C(=CC(=O)OCC3CC3)c3ccccc3)cc21. The normalized spacial score (nSPS) is 14.9. The van der Waals surface area contributed by atoms with E-state index in [0.717, 1.165) is 22.4 Å². The number of esters is 1. The number of aromatic nitrogens is 2. The summed E-state index contributed by atoms with van der Waals surface area (Å²) in [4.78, 5) is 16.7. The summed E-state index contributed by atoms with van der Waals surface area (Å²) in [5.74, 6) is -0.0453. The Morgan fingerprint density at radius 3 is 2.55 bits per heavy atom. The predicted octanol–water partition coefficient (Wildman–Crippen LogP) is 3.59. The monoisotopic (exact) mass is 439 g/mol. The number of nitrogens with two attached hydrogens (primary N) is 1. The number of imidazole rings is 1. The molecule has 2 N–H and O–H groups in total. The van der Waals surface area contributed by atoms with E-state index in [0.29, 0.717) is 34.7 Å². The van der Waals surface area contributed by atoms with Gasteiger partial charge >= 0.3 is 5.97 Å². The van der Waals surface area contributed by atoms with Crippen LogP contribution in [0, 0.1) is 5.92 Å². The van der Waals surface area contributed by atoms with E-state index in [1.165, 1.54) is 6.08 Å². The largest absolute Gasteiger partial charge is 0.462 e. The van der Waals surface area contributed by atoms with Crippen LogP contribution in [0.2, 0.25) is 0 Å². The fourth-order valence-electron chi connectivity index (χ4n) is 3.31. The van der Waals surface area contributed by atoms with Crippen LogP contribution in [-0.2, 0) is 19.6 Å². The van der Waals surface area contributed by atoms with Crippen LogP contribution in [0.15, 0.2) is 54.6 Å². The molecule has 0 amide bonds. The lowest BCUT2D eigenvalue weighted by Gasteiger charge is -2.13. The Labute approximate surface area is 181 Å². The lowest BCUT2D eigenvalue weighted by Crippen LogP contribution is -2.23. The minimum Gasteiger partial charge on any atom is -0.462 e. The van der Waals surface area contributed by atoms with Crippen molar-refractivity contribution in [3.8, 4) is 0 Å². The highest BCUT2D eigenvalue weighted by Gasteiger charge is 2.25. The first-order valence-corrected chi connectivity index (χ1v) is 11.7. The summed E-state index contributed by atoms with van der Waals surface area (Å²) in [5.41, 5.74) is 8.91. The zero-order valence-electron chi connectivity index (χ0n) is 17.5. The van der Waals surface area contributed by atoms with E-state index in [4.69, 9.17) is 10.5 Å². The van der Waals surface area contributed by atoms with Crippen LogP contribution in [0.4, 0.5) is 5.95 Å². The van der Waals surface area contributed by atoms with E-state index in [9.17, 15) is 13.2 Å². The second kappa shape index (κ2) is 8.19. The van der Waals surface area contributed by atoms with E-state index >= 15 is 0 Å². The Hall–Kier alpha value is -3.13. The van der Waals surface area contributed by atoms with Crippen molar-refractivity contribution in [1.82, 2.24) is 8.96 Å². The minimum atomic E-state index is -3.71. The first-order valence-electron chi connectivity index (χ1n) is 10.2. The molecule has 0 radical (unpaired) electrons. The number of nitrogen functional groups attached to an aromatic ring is 1. The molecular weight excluding hydrogens is 414 g/mol. The molecule has 7 nitrogen and oxygen atoms in total. The van der Waals surface area contributed by atoms with Gasteiger partial charge in [-0.2, -0.15) is 0 Å². The Bertz CT molecular complexity index is 1260. The van der Waals surface area contributed by atoms with E-state index in [-0.39, 0.29) is 5.95 Å². The second-order valence-corrected chi connectivity index (χ2v) is 10.4. The number of hydrogen-bond acceptors (Lipinski definition) is 6. The van der Waals surface area contributed by atoms with Crippen molar-refractivity contribution in [1.29, 1.82) is 0 Å². The molecule has 31 heavy (non-hydrogen) atoms. The van der Waals surface area contributed by atoms with Gasteiger partial charge in [-0.15, -0.1) is 0 Å². The highest BCUT2D eigenvalue weighted by molar-refractivity contribution is 7.90. The molecule has 1 fully saturated rings. The molecule has 1 aliphatic carbocycles. The molecule has 3 aromatic rings. The van der Waals surface area contributed by atoms with Gasteiger partial charge in [0.15, 0.2) is 0 Å². The number of ether oxygens (including phenoxy) is 1. The Kier molecular flexibility index (Phi) is 5.58. The van der Waals surface area contributed by atoms with Gasteiger partial charge in [-0.25, -0.2) is 22.2 Å². The highest BCUT2D eigenvalue weighted by Crippen LogP contribution is 2.31. The fraction of sp³-hybridized carbons (Fsp3) is 0.304. The second-order valence-electron chi connectivity index (χ2n) is 8.03. The van der Waals surface area contributed by atoms with Crippen molar-refractivity contribution in [2.75, 3.05) is 12.3 Å². The van der Waals surface area contributed by atoms with Crippen molar-refractivity contribution >= 4 is 38.5 Å². The standard InChI is InChI=1S/C23H25N3O4S/c1-15(2)31(28,29)26-21-12-18(10-11-20(21)25-23(26)24)19(17-6-4-3-5-7-17)13-22(27)30-14-16-8-9-16/h3-7,10-13,15-16H,8-9,14H2,1-2H3,(H2,24,25). The maximum atomic E-state index is 12.9. The number of carbonyl (C=O) groups excluding carboxylic acids is 1. The van der Waals surface area contributed by atoms with Gasteiger partial charge in [-0.1, -0.05) is 36.4 Å². The number of carbonyl (C=O) groups is 1. The van der Waals surface area contributed by atoms with E-state index in [1.807, 2.05) is 30.3 Å². The number of benzene rings is 2. The average molecular weight is 440 g/mol. The zero-order chi connectivity index (χ0) is 22.2. The van der Waals surface area contributed by atoms with Gasteiger partial charge in [-0.3, -0.25) is 0 Å². The maximum absolute atomic E-state index is 12.9. The van der Waals surface area contributed by atoms with Gasteiger partial charge in [0, 0.05) is 6.08 Å². The first-order chi connectivity index (χ1) is 14.8. The third-order valence-corrected chi connectivity index (χ3v) is 7.39. The quantitative estimate of drug-likeness (QED) is 0.446. The first kappa shape index (κ1) is 21.1. The molecule has 1 aromatic heterocycles. The number of rotatable bonds is 7. The van der Waals surface area contributed by atoms with Gasteiger partial charge in [0.1, 0.15) is 0 Å². The fourth-order valence-corrected chi connectivity index (χ4v) is 4.46. The smallest absolute Gasteiger partial charge is 0.331 e. The summed E-state index contributed by atoms with van der Waals surface area (Å²) < 4.78 is 32.2. The average Bonchev–Trinajstić information content (AvgIpc) is 3.51. The van der Waals surface area contributed by atoms with Gasteiger partial charge in [0.25, 0.3) is 0 Å². The summed E-state index contributed by atoms with van der Waals surface area (Å²) in [6.45, 7) is 3.61. The predicted molar refractivity (Wildman–Crippen MR) is 121 cm³/mol. The molecule has 4 rings (SSSR count). The van der Waals surface area contributed by atoms with Crippen LogP contribution in [0.5, 0.6) is 0 Å². The topological polar surface area (TPSA) is 104 Å². The molecule has 0 unspecified atom stereocenters. The molecule has 0 bridgehead atoms. The molecule has 0 saturated heterocycles. The molecule has 8 heteroatoms. The van der Waals surface area contributed by atoms with Gasteiger partial charge in [-0.05, 0) is 61.4 Å². The third kappa shape index (κ3) is 4.34. The molecule has 162 valence electrons. The van der Waals surface area contributed by atoms with Crippen LogP contribution >= 0.6 is 0 Å². The Morgan fingerprint density at radius 2 is 1.90 bits per heavy atom. The minimum absolute atomic E-state index is 0.0880. The van der Waals surface area contributed by atoms with Crippen molar-refractivity contribution in [2.24, 2.45) is 5.92 Å². The van der Waals surface area contributed by atoms with Crippen molar-refractivity contribution < 1.29 is 17.9 Å².